The van der Waals surface area contributed by atoms with Crippen molar-refractivity contribution in [3.63, 3.8) is 0 Å². The van der Waals surface area contributed by atoms with Gasteiger partial charge in [-0.15, -0.1) is 11.3 Å². The Morgan fingerprint density at radius 1 is 1.52 bits per heavy atom. The van der Waals surface area contributed by atoms with Gasteiger partial charge in [0.1, 0.15) is 6.54 Å². The maximum Gasteiger partial charge on any atom is 0.406 e. The van der Waals surface area contributed by atoms with Crippen LogP contribution in [0.25, 0.3) is 0 Å². The molecule has 2 heterocycles. The standard InChI is InChI=1S/C15H22F3N3OS/c1-3-21(9-15(16,17)18)14(22)12-5-4-6-20(7-12)8-13-11(2)19-10-23-13/h10,12H,3-9H2,1-2H3/t12-/m0/s1. The summed E-state index contributed by atoms with van der Waals surface area (Å²) < 4.78 is 37.8. The Labute approximate surface area is 138 Å². The molecular formula is C15H22F3N3OS. The molecule has 1 aliphatic rings. The Bertz CT molecular complexity index is 532. The third-order valence-electron chi connectivity index (χ3n) is 4.13. The van der Waals surface area contributed by atoms with Gasteiger partial charge in [0.15, 0.2) is 0 Å². The van der Waals surface area contributed by atoms with E-state index in [-0.39, 0.29) is 18.4 Å². The van der Waals surface area contributed by atoms with Crippen LogP contribution >= 0.6 is 11.3 Å². The van der Waals surface area contributed by atoms with Crippen LogP contribution in [0.2, 0.25) is 0 Å². The van der Waals surface area contributed by atoms with Crippen molar-refractivity contribution in [3.05, 3.63) is 16.1 Å². The van der Waals surface area contributed by atoms with Crippen LogP contribution in [0.5, 0.6) is 0 Å². The summed E-state index contributed by atoms with van der Waals surface area (Å²) in [6, 6.07) is 0. The van der Waals surface area contributed by atoms with Gasteiger partial charge in [-0.05, 0) is 33.2 Å². The first-order chi connectivity index (χ1) is 10.8. The number of aromatic nitrogens is 1. The van der Waals surface area contributed by atoms with Crippen LogP contribution in [0.15, 0.2) is 5.51 Å². The van der Waals surface area contributed by atoms with Crippen molar-refractivity contribution in [2.75, 3.05) is 26.2 Å². The summed E-state index contributed by atoms with van der Waals surface area (Å²) in [7, 11) is 0. The zero-order valence-electron chi connectivity index (χ0n) is 13.4. The topological polar surface area (TPSA) is 36.4 Å². The van der Waals surface area contributed by atoms with Gasteiger partial charge in [0.2, 0.25) is 5.91 Å². The van der Waals surface area contributed by atoms with Crippen LogP contribution in [-0.2, 0) is 11.3 Å². The van der Waals surface area contributed by atoms with Crippen LogP contribution < -0.4 is 0 Å². The van der Waals surface area contributed by atoms with Crippen molar-refractivity contribution in [1.82, 2.24) is 14.8 Å². The molecule has 0 N–H and O–H groups in total. The lowest BCUT2D eigenvalue weighted by Crippen LogP contribution is -2.47. The lowest BCUT2D eigenvalue weighted by molar-refractivity contribution is -0.164. The zero-order chi connectivity index (χ0) is 17.0. The van der Waals surface area contributed by atoms with E-state index in [0.717, 1.165) is 28.4 Å². The number of aryl methyl sites for hydroxylation is 1. The largest absolute Gasteiger partial charge is 0.406 e. The predicted octanol–water partition coefficient (Wildman–Crippen LogP) is 3.07. The van der Waals surface area contributed by atoms with Crippen molar-refractivity contribution in [2.24, 2.45) is 5.92 Å². The van der Waals surface area contributed by atoms with E-state index < -0.39 is 12.7 Å². The zero-order valence-corrected chi connectivity index (χ0v) is 14.2. The number of alkyl halides is 3. The molecule has 1 aromatic heterocycles. The van der Waals surface area contributed by atoms with Gasteiger partial charge in [-0.3, -0.25) is 9.69 Å². The van der Waals surface area contributed by atoms with E-state index in [9.17, 15) is 18.0 Å². The van der Waals surface area contributed by atoms with Crippen LogP contribution in [-0.4, -0.2) is 53.0 Å². The molecule has 1 saturated heterocycles. The molecule has 1 amide bonds. The highest BCUT2D eigenvalue weighted by Crippen LogP contribution is 2.24. The number of amides is 1. The SMILES string of the molecule is CCN(CC(F)(F)F)C(=O)[C@H]1CCCN(Cc2scnc2C)C1. The Kier molecular flexibility index (Phi) is 6.02. The molecule has 0 radical (unpaired) electrons. The summed E-state index contributed by atoms with van der Waals surface area (Å²) in [4.78, 5) is 20.8. The Balaban J connectivity index is 1.96. The molecule has 1 fully saturated rings. The van der Waals surface area contributed by atoms with E-state index in [1.54, 1.807) is 23.8 Å². The Morgan fingerprint density at radius 3 is 2.83 bits per heavy atom. The minimum absolute atomic E-state index is 0.0861. The van der Waals surface area contributed by atoms with Gasteiger partial charge in [0.25, 0.3) is 0 Å². The van der Waals surface area contributed by atoms with Crippen molar-refractivity contribution in [3.8, 4) is 0 Å². The quantitative estimate of drug-likeness (QED) is 0.820. The molecule has 0 spiro atoms. The number of carbonyl (C=O) groups is 1. The average Bonchev–Trinajstić information content (AvgIpc) is 2.89. The molecule has 130 valence electrons. The van der Waals surface area contributed by atoms with Crippen LogP contribution in [0.3, 0.4) is 0 Å². The molecule has 2 rings (SSSR count). The second kappa shape index (κ2) is 7.61. The normalized spacial score (nSPS) is 19.8. The van der Waals surface area contributed by atoms with Gasteiger partial charge in [-0.2, -0.15) is 13.2 Å². The number of halogens is 3. The predicted molar refractivity (Wildman–Crippen MR) is 83.2 cm³/mol. The van der Waals surface area contributed by atoms with E-state index in [0.29, 0.717) is 19.5 Å². The minimum atomic E-state index is -4.35. The molecule has 1 atom stereocenters. The third kappa shape index (κ3) is 5.17. The molecule has 8 heteroatoms. The Morgan fingerprint density at radius 2 is 2.26 bits per heavy atom. The monoisotopic (exact) mass is 349 g/mol. The average molecular weight is 349 g/mol. The molecule has 0 bridgehead atoms. The van der Waals surface area contributed by atoms with E-state index in [4.69, 9.17) is 0 Å². The molecule has 1 aliphatic heterocycles. The first kappa shape index (κ1) is 18.2. The van der Waals surface area contributed by atoms with Gasteiger partial charge in [-0.1, -0.05) is 0 Å². The van der Waals surface area contributed by atoms with Crippen molar-refractivity contribution < 1.29 is 18.0 Å². The number of rotatable bonds is 5. The molecule has 1 aromatic rings. The third-order valence-corrected chi connectivity index (χ3v) is 5.05. The van der Waals surface area contributed by atoms with Gasteiger partial charge in [0, 0.05) is 24.5 Å². The number of piperidine rings is 1. The van der Waals surface area contributed by atoms with Crippen molar-refractivity contribution >= 4 is 17.2 Å². The lowest BCUT2D eigenvalue weighted by atomic mass is 9.96. The second-order valence-electron chi connectivity index (χ2n) is 5.90. The van der Waals surface area contributed by atoms with Crippen LogP contribution in [0.4, 0.5) is 13.2 Å². The lowest BCUT2D eigenvalue weighted by Gasteiger charge is -2.34. The molecule has 0 saturated carbocycles. The Hall–Kier alpha value is -1.15. The fraction of sp³-hybridized carbons (Fsp3) is 0.733. The van der Waals surface area contributed by atoms with Crippen molar-refractivity contribution in [1.29, 1.82) is 0 Å². The summed E-state index contributed by atoms with van der Waals surface area (Å²) in [5, 5.41) is 0. The highest BCUT2D eigenvalue weighted by atomic mass is 32.1. The van der Waals surface area contributed by atoms with E-state index in [1.807, 2.05) is 6.92 Å². The number of hydrogen-bond donors (Lipinski definition) is 0. The highest BCUT2D eigenvalue weighted by Gasteiger charge is 2.36. The smallest absolute Gasteiger partial charge is 0.334 e. The summed E-state index contributed by atoms with van der Waals surface area (Å²) in [5.74, 6) is -0.727. The van der Waals surface area contributed by atoms with Gasteiger partial charge in [0.05, 0.1) is 17.1 Å². The molecule has 4 nitrogen and oxygen atoms in total. The molecule has 0 unspecified atom stereocenters. The maximum atomic E-state index is 12.6. The fourth-order valence-corrected chi connectivity index (χ4v) is 3.72. The molecular weight excluding hydrogens is 327 g/mol. The first-order valence-electron chi connectivity index (χ1n) is 7.77. The van der Waals surface area contributed by atoms with Crippen LogP contribution in [0, 0.1) is 12.8 Å². The molecule has 0 aromatic carbocycles. The summed E-state index contributed by atoms with van der Waals surface area (Å²) in [6.07, 6.45) is -2.86. The van der Waals surface area contributed by atoms with Gasteiger partial charge >= 0.3 is 6.18 Å². The number of carbonyl (C=O) groups excluding carboxylic acids is 1. The second-order valence-corrected chi connectivity index (χ2v) is 6.84. The van der Waals surface area contributed by atoms with E-state index in [1.165, 1.54) is 0 Å². The fourth-order valence-electron chi connectivity index (χ4n) is 2.90. The number of thiazole rings is 1. The summed E-state index contributed by atoms with van der Waals surface area (Å²) in [5.41, 5.74) is 2.77. The van der Waals surface area contributed by atoms with Gasteiger partial charge in [-0.25, -0.2) is 4.98 Å². The van der Waals surface area contributed by atoms with Gasteiger partial charge < -0.3 is 4.90 Å². The minimum Gasteiger partial charge on any atom is -0.334 e. The maximum absolute atomic E-state index is 12.6. The van der Waals surface area contributed by atoms with Crippen LogP contribution in [0.1, 0.15) is 30.3 Å². The van der Waals surface area contributed by atoms with Crippen molar-refractivity contribution in [2.45, 2.75) is 39.4 Å². The first-order valence-corrected chi connectivity index (χ1v) is 8.65. The summed E-state index contributed by atoms with van der Waals surface area (Å²) >= 11 is 1.57. The number of likely N-dealkylation sites (tertiary alicyclic amines) is 1. The summed E-state index contributed by atoms with van der Waals surface area (Å²) in [6.45, 7) is 4.56. The number of hydrogen-bond acceptors (Lipinski definition) is 4. The number of nitrogens with zero attached hydrogens (tertiary/aromatic N) is 3. The molecule has 0 aliphatic carbocycles. The highest BCUT2D eigenvalue weighted by molar-refractivity contribution is 7.09. The molecule has 23 heavy (non-hydrogen) atoms. The van der Waals surface area contributed by atoms with E-state index in [2.05, 4.69) is 9.88 Å². The van der Waals surface area contributed by atoms with E-state index >= 15 is 0 Å².